The Morgan fingerprint density at radius 1 is 1.18 bits per heavy atom. The van der Waals surface area contributed by atoms with Gasteiger partial charge in [-0.2, -0.15) is 13.2 Å². The number of carbonyl (C=O) groups is 1. The number of methoxy groups -OCH3 is 1. The van der Waals surface area contributed by atoms with Crippen molar-refractivity contribution < 1.29 is 22.7 Å². The number of para-hydroxylation sites is 1. The second kappa shape index (κ2) is 6.70. The second-order valence-corrected chi connectivity index (χ2v) is 6.44. The van der Waals surface area contributed by atoms with Crippen LogP contribution in [0.5, 0.6) is 5.75 Å². The van der Waals surface area contributed by atoms with Crippen LogP contribution in [0, 0.1) is 0 Å². The first kappa shape index (κ1) is 18.1. The lowest BCUT2D eigenvalue weighted by Crippen LogP contribution is -2.25. The van der Waals surface area contributed by atoms with Crippen molar-refractivity contribution in [3.8, 4) is 11.4 Å². The standard InChI is InChI=1S/C20H16F3N3O2/c1-28-16-8-3-2-7-14(16)15-10-17(27)25-19-18(15)24-11-26(19)13-6-4-5-12(9-13)20(21,22)23/h2-9,11,15H,10H2,1H3,(H,25,27)/t15-/m0/s1. The van der Waals surface area contributed by atoms with Gasteiger partial charge in [0.15, 0.2) is 0 Å². The molecule has 1 atom stereocenters. The van der Waals surface area contributed by atoms with E-state index < -0.39 is 11.7 Å². The van der Waals surface area contributed by atoms with Crippen LogP contribution in [-0.2, 0) is 11.0 Å². The van der Waals surface area contributed by atoms with Gasteiger partial charge in [0.25, 0.3) is 0 Å². The number of nitrogens with one attached hydrogen (secondary N) is 1. The molecule has 4 rings (SSSR count). The van der Waals surface area contributed by atoms with Gasteiger partial charge < -0.3 is 10.1 Å². The Labute approximate surface area is 158 Å². The molecule has 0 spiro atoms. The number of hydrogen-bond donors (Lipinski definition) is 1. The lowest BCUT2D eigenvalue weighted by molar-refractivity contribution is -0.137. The van der Waals surface area contributed by atoms with Gasteiger partial charge in [-0.3, -0.25) is 9.36 Å². The molecule has 1 aliphatic rings. The summed E-state index contributed by atoms with van der Waals surface area (Å²) in [4.78, 5) is 16.7. The Morgan fingerprint density at radius 3 is 2.71 bits per heavy atom. The lowest BCUT2D eigenvalue weighted by atomic mass is 9.89. The number of rotatable bonds is 3. The molecule has 1 N–H and O–H groups in total. The van der Waals surface area contributed by atoms with Crippen molar-refractivity contribution in [2.45, 2.75) is 18.5 Å². The Hall–Kier alpha value is -3.29. The largest absolute Gasteiger partial charge is 0.496 e. The number of benzene rings is 2. The Kier molecular flexibility index (Phi) is 4.33. The molecule has 1 amide bonds. The van der Waals surface area contributed by atoms with Crippen LogP contribution < -0.4 is 10.1 Å². The maximum absolute atomic E-state index is 13.1. The average molecular weight is 387 g/mol. The SMILES string of the molecule is COc1ccccc1[C@@H]1CC(=O)Nc2c1ncn2-c1cccc(C(F)(F)F)c1. The molecule has 0 radical (unpaired) electrons. The highest BCUT2D eigenvalue weighted by molar-refractivity contribution is 5.94. The van der Waals surface area contributed by atoms with Crippen molar-refractivity contribution in [1.29, 1.82) is 0 Å². The Balaban J connectivity index is 1.82. The predicted octanol–water partition coefficient (Wildman–Crippen LogP) is 4.37. The number of carbonyl (C=O) groups excluding carboxylic acids is 1. The Bertz CT molecular complexity index is 1040. The smallest absolute Gasteiger partial charge is 0.416 e. The van der Waals surface area contributed by atoms with Crippen LogP contribution in [0.25, 0.3) is 5.69 Å². The predicted molar refractivity (Wildman–Crippen MR) is 96.6 cm³/mol. The van der Waals surface area contributed by atoms with Crippen LogP contribution in [0.3, 0.4) is 0 Å². The normalized spacial score (nSPS) is 16.4. The number of anilines is 1. The van der Waals surface area contributed by atoms with Gasteiger partial charge in [0.2, 0.25) is 5.91 Å². The molecule has 0 aliphatic carbocycles. The van der Waals surface area contributed by atoms with Crippen LogP contribution in [0.1, 0.15) is 29.2 Å². The number of alkyl halides is 3. The average Bonchev–Trinajstić information content (AvgIpc) is 3.10. The summed E-state index contributed by atoms with van der Waals surface area (Å²) in [5, 5.41) is 2.74. The molecular weight excluding hydrogens is 371 g/mol. The third-order valence-corrected chi connectivity index (χ3v) is 4.74. The first-order valence-electron chi connectivity index (χ1n) is 8.56. The maximum Gasteiger partial charge on any atom is 0.416 e. The van der Waals surface area contributed by atoms with Crippen molar-refractivity contribution in [3.05, 3.63) is 71.7 Å². The highest BCUT2D eigenvalue weighted by Gasteiger charge is 2.34. The fraction of sp³-hybridized carbons (Fsp3) is 0.200. The van der Waals surface area contributed by atoms with Crippen LogP contribution in [0.2, 0.25) is 0 Å². The number of hydrogen-bond acceptors (Lipinski definition) is 3. The lowest BCUT2D eigenvalue weighted by Gasteiger charge is -2.24. The van der Waals surface area contributed by atoms with E-state index in [0.29, 0.717) is 17.3 Å². The van der Waals surface area contributed by atoms with Crippen molar-refractivity contribution in [3.63, 3.8) is 0 Å². The minimum absolute atomic E-state index is 0.174. The summed E-state index contributed by atoms with van der Waals surface area (Å²) in [5.74, 6) is 0.400. The van der Waals surface area contributed by atoms with Gasteiger partial charge in [-0.05, 0) is 24.3 Å². The minimum atomic E-state index is -4.46. The molecular formula is C20H16F3N3O2. The fourth-order valence-corrected chi connectivity index (χ4v) is 3.45. The summed E-state index contributed by atoms with van der Waals surface area (Å²) in [7, 11) is 1.55. The van der Waals surface area contributed by atoms with E-state index in [2.05, 4.69) is 10.3 Å². The maximum atomic E-state index is 13.1. The summed E-state index contributed by atoms with van der Waals surface area (Å²) < 4.78 is 46.1. The highest BCUT2D eigenvalue weighted by atomic mass is 19.4. The van der Waals surface area contributed by atoms with Gasteiger partial charge in [0.1, 0.15) is 17.9 Å². The fourth-order valence-electron chi connectivity index (χ4n) is 3.45. The van der Waals surface area contributed by atoms with Gasteiger partial charge in [-0.15, -0.1) is 0 Å². The Morgan fingerprint density at radius 2 is 1.96 bits per heavy atom. The van der Waals surface area contributed by atoms with Crippen LogP contribution in [-0.4, -0.2) is 22.6 Å². The third-order valence-electron chi connectivity index (χ3n) is 4.74. The molecule has 1 aromatic heterocycles. The molecule has 0 fully saturated rings. The molecule has 0 saturated heterocycles. The molecule has 0 saturated carbocycles. The molecule has 5 nitrogen and oxygen atoms in total. The van der Waals surface area contributed by atoms with Crippen molar-refractivity contribution >= 4 is 11.7 Å². The summed E-state index contributed by atoms with van der Waals surface area (Å²) in [6, 6.07) is 12.2. The number of nitrogens with zero attached hydrogens (tertiary/aromatic N) is 2. The van der Waals surface area contributed by atoms with Gasteiger partial charge in [0.05, 0.1) is 18.4 Å². The number of aromatic nitrogens is 2. The molecule has 2 heterocycles. The summed E-state index contributed by atoms with van der Waals surface area (Å²) in [6.07, 6.45) is -2.86. The van der Waals surface area contributed by atoms with Crippen LogP contribution in [0.15, 0.2) is 54.9 Å². The van der Waals surface area contributed by atoms with Gasteiger partial charge >= 0.3 is 6.18 Å². The van der Waals surface area contributed by atoms with Crippen LogP contribution in [0.4, 0.5) is 19.0 Å². The zero-order chi connectivity index (χ0) is 19.9. The van der Waals surface area contributed by atoms with E-state index in [4.69, 9.17) is 4.74 Å². The molecule has 0 bridgehead atoms. The summed E-state index contributed by atoms with van der Waals surface area (Å²) in [6.45, 7) is 0. The molecule has 0 unspecified atom stereocenters. The van der Waals surface area contributed by atoms with E-state index in [1.165, 1.54) is 23.0 Å². The number of fused-ring (bicyclic) bond motifs is 1. The van der Waals surface area contributed by atoms with E-state index in [1.54, 1.807) is 13.2 Å². The number of halogens is 3. The van der Waals surface area contributed by atoms with Crippen LogP contribution >= 0.6 is 0 Å². The summed E-state index contributed by atoms with van der Waals surface area (Å²) >= 11 is 0. The van der Waals surface area contributed by atoms with E-state index in [0.717, 1.165) is 17.7 Å². The van der Waals surface area contributed by atoms with Gasteiger partial charge in [-0.1, -0.05) is 24.3 Å². The van der Waals surface area contributed by atoms with Crippen molar-refractivity contribution in [2.75, 3.05) is 12.4 Å². The molecule has 1 aliphatic heterocycles. The first-order valence-corrected chi connectivity index (χ1v) is 8.56. The van der Waals surface area contributed by atoms with E-state index in [-0.39, 0.29) is 23.9 Å². The molecule has 2 aromatic carbocycles. The van der Waals surface area contributed by atoms with Crippen molar-refractivity contribution in [1.82, 2.24) is 9.55 Å². The molecule has 8 heteroatoms. The summed E-state index contributed by atoms with van der Waals surface area (Å²) in [5.41, 5.74) is 0.886. The number of amides is 1. The van der Waals surface area contributed by atoms with Gasteiger partial charge in [-0.25, -0.2) is 4.98 Å². The van der Waals surface area contributed by atoms with Crippen molar-refractivity contribution in [2.24, 2.45) is 0 Å². The monoisotopic (exact) mass is 387 g/mol. The number of imidazole rings is 1. The quantitative estimate of drug-likeness (QED) is 0.726. The van der Waals surface area contributed by atoms with Gasteiger partial charge in [0, 0.05) is 23.6 Å². The third kappa shape index (κ3) is 3.11. The number of ether oxygens (including phenoxy) is 1. The first-order chi connectivity index (χ1) is 13.4. The van der Waals surface area contributed by atoms with E-state index in [1.807, 2.05) is 18.2 Å². The zero-order valence-corrected chi connectivity index (χ0v) is 14.8. The second-order valence-electron chi connectivity index (χ2n) is 6.44. The molecule has 3 aromatic rings. The minimum Gasteiger partial charge on any atom is -0.496 e. The molecule has 28 heavy (non-hydrogen) atoms. The van der Waals surface area contributed by atoms with E-state index >= 15 is 0 Å². The molecule has 144 valence electrons. The topological polar surface area (TPSA) is 56.1 Å². The highest BCUT2D eigenvalue weighted by Crippen LogP contribution is 2.41. The van der Waals surface area contributed by atoms with E-state index in [9.17, 15) is 18.0 Å². The zero-order valence-electron chi connectivity index (χ0n) is 14.8.